The molecule has 0 fully saturated rings. The zero-order chi connectivity index (χ0) is 24.1. The van der Waals surface area contributed by atoms with Crippen molar-refractivity contribution in [1.29, 1.82) is 0 Å². The fourth-order valence-corrected chi connectivity index (χ4v) is 4.10. The summed E-state index contributed by atoms with van der Waals surface area (Å²) in [4.78, 5) is 11.8. The van der Waals surface area contributed by atoms with Gasteiger partial charge in [-0.05, 0) is 66.7 Å². The van der Waals surface area contributed by atoms with Gasteiger partial charge in [-0.1, -0.05) is 30.3 Å². The quantitative estimate of drug-likeness (QED) is 0.350. The van der Waals surface area contributed by atoms with Crippen LogP contribution in [0.2, 0.25) is 0 Å². The van der Waals surface area contributed by atoms with Crippen LogP contribution >= 0.6 is 0 Å². The van der Waals surface area contributed by atoms with Crippen molar-refractivity contribution >= 4 is 27.3 Å². The van der Waals surface area contributed by atoms with E-state index >= 15 is 0 Å². The van der Waals surface area contributed by atoms with Gasteiger partial charge in [0, 0.05) is 5.69 Å². The molecule has 0 aliphatic heterocycles. The Balaban J connectivity index is 1.45. The molecule has 172 valence electrons. The molecule has 0 unspecified atom stereocenters. The number of halogens is 2. The molecule has 6 nitrogen and oxygen atoms in total. The summed E-state index contributed by atoms with van der Waals surface area (Å²) in [6, 6.07) is 23.5. The van der Waals surface area contributed by atoms with Crippen molar-refractivity contribution in [3.05, 3.63) is 114 Å². The largest absolute Gasteiger partial charge is 0.457 e. The minimum Gasteiger partial charge on any atom is -0.457 e. The number of amides is 1. The second-order valence-electron chi connectivity index (χ2n) is 7.12. The molecule has 4 aromatic carbocycles. The summed E-state index contributed by atoms with van der Waals surface area (Å²) >= 11 is 0. The maximum Gasteiger partial charge on any atom is 0.261 e. The molecule has 4 aromatic rings. The van der Waals surface area contributed by atoms with Crippen LogP contribution in [0, 0.1) is 11.6 Å². The third-order valence-electron chi connectivity index (χ3n) is 4.70. The number of carbonyl (C=O) groups is 1. The number of anilines is 2. The second-order valence-corrected chi connectivity index (χ2v) is 8.80. The van der Waals surface area contributed by atoms with Crippen LogP contribution in [0.15, 0.2) is 102 Å². The van der Waals surface area contributed by atoms with Crippen LogP contribution in [0.25, 0.3) is 0 Å². The molecule has 0 atom stereocenters. The molecule has 0 saturated carbocycles. The van der Waals surface area contributed by atoms with E-state index in [1.807, 2.05) is 18.2 Å². The maximum absolute atomic E-state index is 14.5. The Bertz CT molecular complexity index is 1430. The van der Waals surface area contributed by atoms with Crippen LogP contribution in [0.5, 0.6) is 11.5 Å². The van der Waals surface area contributed by atoms with Gasteiger partial charge in [-0.2, -0.15) is 0 Å². The fraction of sp³-hybridized carbons (Fsp3) is 0. The number of hydrogen-bond acceptors (Lipinski definition) is 4. The number of ether oxygens (including phenoxy) is 1. The molecule has 34 heavy (non-hydrogen) atoms. The summed E-state index contributed by atoms with van der Waals surface area (Å²) in [6.45, 7) is 0. The van der Waals surface area contributed by atoms with Gasteiger partial charge in [-0.15, -0.1) is 0 Å². The van der Waals surface area contributed by atoms with Gasteiger partial charge in [0.25, 0.3) is 15.9 Å². The SMILES string of the molecule is O=C(Nc1ccc(S(=O)(=O)Nc2ccc(Oc3ccccc3)cc2)cc1F)c1ccccc1F. The first-order valence-corrected chi connectivity index (χ1v) is 11.5. The second kappa shape index (κ2) is 9.72. The third kappa shape index (κ3) is 5.38. The van der Waals surface area contributed by atoms with Crippen molar-refractivity contribution in [1.82, 2.24) is 0 Å². The number of para-hydroxylation sites is 1. The van der Waals surface area contributed by atoms with Gasteiger partial charge in [0.05, 0.1) is 16.1 Å². The van der Waals surface area contributed by atoms with Crippen molar-refractivity contribution in [3.63, 3.8) is 0 Å². The maximum atomic E-state index is 14.5. The number of benzene rings is 4. The smallest absolute Gasteiger partial charge is 0.261 e. The third-order valence-corrected chi connectivity index (χ3v) is 6.08. The van der Waals surface area contributed by atoms with Crippen LogP contribution in [0.1, 0.15) is 10.4 Å². The summed E-state index contributed by atoms with van der Waals surface area (Å²) in [5.41, 5.74) is -0.299. The van der Waals surface area contributed by atoms with Gasteiger partial charge in [0.1, 0.15) is 23.1 Å². The van der Waals surface area contributed by atoms with Crippen LogP contribution < -0.4 is 14.8 Å². The first-order valence-electron chi connectivity index (χ1n) is 10.0. The van der Waals surface area contributed by atoms with E-state index < -0.39 is 27.6 Å². The van der Waals surface area contributed by atoms with Crippen molar-refractivity contribution < 1.29 is 26.7 Å². The molecule has 4 rings (SSSR count). The van der Waals surface area contributed by atoms with Gasteiger partial charge >= 0.3 is 0 Å². The summed E-state index contributed by atoms with van der Waals surface area (Å²) < 4.78 is 61.7. The van der Waals surface area contributed by atoms with Gasteiger partial charge < -0.3 is 10.1 Å². The van der Waals surface area contributed by atoms with Crippen LogP contribution in [0.3, 0.4) is 0 Å². The summed E-state index contributed by atoms with van der Waals surface area (Å²) in [5, 5.41) is 2.24. The fourth-order valence-electron chi connectivity index (χ4n) is 3.03. The van der Waals surface area contributed by atoms with Crippen molar-refractivity contribution in [2.45, 2.75) is 4.90 Å². The zero-order valence-electron chi connectivity index (χ0n) is 17.5. The molecule has 0 radical (unpaired) electrons. The number of carbonyl (C=O) groups excluding carboxylic acids is 1. The highest BCUT2D eigenvalue weighted by molar-refractivity contribution is 7.92. The van der Waals surface area contributed by atoms with Crippen LogP contribution in [0.4, 0.5) is 20.2 Å². The Morgan fingerprint density at radius 2 is 1.38 bits per heavy atom. The molecule has 0 aromatic heterocycles. The van der Waals surface area contributed by atoms with Gasteiger partial charge in [-0.25, -0.2) is 17.2 Å². The van der Waals surface area contributed by atoms with E-state index in [1.54, 1.807) is 24.3 Å². The van der Waals surface area contributed by atoms with Gasteiger partial charge in [0.15, 0.2) is 0 Å². The van der Waals surface area contributed by atoms with E-state index in [-0.39, 0.29) is 21.8 Å². The van der Waals surface area contributed by atoms with Crippen LogP contribution in [-0.4, -0.2) is 14.3 Å². The first-order chi connectivity index (χ1) is 16.3. The van der Waals surface area contributed by atoms with Gasteiger partial charge in [-0.3, -0.25) is 9.52 Å². The molecule has 0 spiro atoms. The minimum absolute atomic E-state index is 0.248. The number of nitrogens with one attached hydrogen (secondary N) is 2. The van der Waals surface area contributed by atoms with Crippen molar-refractivity contribution in [3.8, 4) is 11.5 Å². The molecule has 9 heteroatoms. The standard InChI is InChI=1S/C25H18F2N2O4S/c26-22-9-5-4-8-21(22)25(30)28-24-15-14-20(16-23(24)27)34(31,32)29-17-10-12-19(13-11-17)33-18-6-2-1-3-7-18/h1-16,29H,(H,28,30). The number of sulfonamides is 1. The van der Waals surface area contributed by atoms with E-state index in [1.165, 1.54) is 30.3 Å². The highest BCUT2D eigenvalue weighted by Crippen LogP contribution is 2.25. The van der Waals surface area contributed by atoms with Crippen LogP contribution in [-0.2, 0) is 10.0 Å². The lowest BCUT2D eigenvalue weighted by atomic mass is 10.2. The first kappa shape index (κ1) is 22.9. The lowest BCUT2D eigenvalue weighted by molar-refractivity contribution is 0.102. The van der Waals surface area contributed by atoms with E-state index in [9.17, 15) is 22.0 Å². The Kier molecular flexibility index (Phi) is 6.55. The van der Waals surface area contributed by atoms with Gasteiger partial charge in [0.2, 0.25) is 0 Å². The molecule has 0 saturated heterocycles. The molecule has 0 aliphatic rings. The molecular formula is C25H18F2N2O4S. The predicted octanol–water partition coefficient (Wildman–Crippen LogP) is 5.81. The Hall–Kier alpha value is -4.24. The highest BCUT2D eigenvalue weighted by atomic mass is 32.2. The normalized spacial score (nSPS) is 11.0. The number of rotatable bonds is 7. The molecule has 0 bridgehead atoms. The molecular weight excluding hydrogens is 462 g/mol. The van der Waals surface area contributed by atoms with E-state index in [2.05, 4.69) is 10.0 Å². The van der Waals surface area contributed by atoms with Crippen molar-refractivity contribution in [2.24, 2.45) is 0 Å². The Labute approximate surface area is 194 Å². The topological polar surface area (TPSA) is 84.5 Å². The van der Waals surface area contributed by atoms with E-state index in [0.717, 1.165) is 24.3 Å². The lowest BCUT2D eigenvalue weighted by Gasteiger charge is -2.11. The molecule has 2 N–H and O–H groups in total. The predicted molar refractivity (Wildman–Crippen MR) is 125 cm³/mol. The lowest BCUT2D eigenvalue weighted by Crippen LogP contribution is -2.16. The molecule has 1 amide bonds. The zero-order valence-corrected chi connectivity index (χ0v) is 18.4. The summed E-state index contributed by atoms with van der Waals surface area (Å²) in [6.07, 6.45) is 0. The molecule has 0 heterocycles. The van der Waals surface area contributed by atoms with E-state index in [4.69, 9.17) is 4.74 Å². The van der Waals surface area contributed by atoms with Crippen molar-refractivity contribution in [2.75, 3.05) is 10.0 Å². The monoisotopic (exact) mass is 480 g/mol. The minimum atomic E-state index is -4.12. The number of hydrogen-bond donors (Lipinski definition) is 2. The molecule has 0 aliphatic carbocycles. The summed E-state index contributed by atoms with van der Waals surface area (Å²) in [5.74, 6) is -1.46. The summed E-state index contributed by atoms with van der Waals surface area (Å²) in [7, 11) is -4.12. The Morgan fingerprint density at radius 3 is 2.06 bits per heavy atom. The Morgan fingerprint density at radius 1 is 0.735 bits per heavy atom. The highest BCUT2D eigenvalue weighted by Gasteiger charge is 2.19. The van der Waals surface area contributed by atoms with E-state index in [0.29, 0.717) is 11.5 Å². The average Bonchev–Trinajstić information content (AvgIpc) is 2.82. The average molecular weight is 480 g/mol.